The standard InChI is InChI=1S/C25H28N4O/c1-2-13-28-14-15-29(19-20-7-5-11-26-17-20)24(25(28)30)16-21-8-3-4-10-23(21)22-9-6-12-27-18-22/h3-12,17-18,24H,2,13-16,19H2,1H3/t24-/m0/s1. The molecule has 1 aliphatic rings. The number of hydrogen-bond donors (Lipinski definition) is 0. The van der Waals surface area contributed by atoms with Gasteiger partial charge in [-0.1, -0.05) is 43.3 Å². The number of aromatic nitrogens is 2. The molecule has 0 unspecified atom stereocenters. The maximum absolute atomic E-state index is 13.4. The minimum atomic E-state index is -0.177. The zero-order chi connectivity index (χ0) is 20.8. The highest BCUT2D eigenvalue weighted by Crippen LogP contribution is 2.27. The summed E-state index contributed by atoms with van der Waals surface area (Å²) in [5, 5.41) is 0. The van der Waals surface area contributed by atoms with Gasteiger partial charge in [-0.05, 0) is 41.7 Å². The molecule has 0 bridgehead atoms. The molecule has 1 amide bonds. The van der Waals surface area contributed by atoms with Crippen LogP contribution in [0.2, 0.25) is 0 Å². The van der Waals surface area contributed by atoms with Crippen molar-refractivity contribution in [1.82, 2.24) is 19.8 Å². The second-order valence-electron chi connectivity index (χ2n) is 7.78. The van der Waals surface area contributed by atoms with Crippen molar-refractivity contribution in [3.8, 4) is 11.1 Å². The van der Waals surface area contributed by atoms with Crippen LogP contribution in [-0.2, 0) is 17.8 Å². The number of carbonyl (C=O) groups is 1. The van der Waals surface area contributed by atoms with Crippen molar-refractivity contribution >= 4 is 5.91 Å². The fraction of sp³-hybridized carbons (Fsp3) is 0.320. The molecule has 3 aromatic rings. The predicted molar refractivity (Wildman–Crippen MR) is 119 cm³/mol. The molecule has 5 heteroatoms. The maximum atomic E-state index is 13.4. The number of piperazine rings is 1. The summed E-state index contributed by atoms with van der Waals surface area (Å²) in [6, 6.07) is 16.2. The van der Waals surface area contributed by atoms with Crippen molar-refractivity contribution < 1.29 is 4.79 Å². The maximum Gasteiger partial charge on any atom is 0.240 e. The van der Waals surface area contributed by atoms with Crippen molar-refractivity contribution in [3.63, 3.8) is 0 Å². The number of rotatable bonds is 7. The monoisotopic (exact) mass is 400 g/mol. The second-order valence-corrected chi connectivity index (χ2v) is 7.78. The van der Waals surface area contributed by atoms with Gasteiger partial charge in [-0.3, -0.25) is 19.7 Å². The quantitative estimate of drug-likeness (QED) is 0.605. The Morgan fingerprint density at radius 2 is 1.77 bits per heavy atom. The highest BCUT2D eigenvalue weighted by molar-refractivity contribution is 5.83. The molecule has 0 saturated carbocycles. The molecule has 5 nitrogen and oxygen atoms in total. The van der Waals surface area contributed by atoms with E-state index in [9.17, 15) is 4.79 Å². The molecule has 0 aliphatic carbocycles. The summed E-state index contributed by atoms with van der Waals surface area (Å²) in [4.78, 5) is 26.3. The number of pyridine rings is 2. The Hall–Kier alpha value is -3.05. The van der Waals surface area contributed by atoms with E-state index in [-0.39, 0.29) is 11.9 Å². The van der Waals surface area contributed by atoms with Crippen LogP contribution >= 0.6 is 0 Å². The Morgan fingerprint density at radius 3 is 2.50 bits per heavy atom. The van der Waals surface area contributed by atoms with E-state index in [1.54, 1.807) is 12.4 Å². The summed E-state index contributed by atoms with van der Waals surface area (Å²) in [7, 11) is 0. The van der Waals surface area contributed by atoms with Gasteiger partial charge < -0.3 is 4.90 Å². The Bertz CT molecular complexity index is 961. The van der Waals surface area contributed by atoms with Gasteiger partial charge in [0.15, 0.2) is 0 Å². The van der Waals surface area contributed by atoms with Crippen molar-refractivity contribution in [3.05, 3.63) is 84.4 Å². The van der Waals surface area contributed by atoms with Crippen LogP contribution in [0.25, 0.3) is 11.1 Å². The van der Waals surface area contributed by atoms with Gasteiger partial charge in [0.05, 0.1) is 6.04 Å². The molecular formula is C25H28N4O. The molecule has 1 fully saturated rings. The Balaban J connectivity index is 1.63. The largest absolute Gasteiger partial charge is 0.340 e. The van der Waals surface area contributed by atoms with Crippen molar-refractivity contribution in [2.45, 2.75) is 32.4 Å². The zero-order valence-electron chi connectivity index (χ0n) is 17.4. The highest BCUT2D eigenvalue weighted by atomic mass is 16.2. The van der Waals surface area contributed by atoms with Gasteiger partial charge in [0, 0.05) is 56.5 Å². The van der Waals surface area contributed by atoms with E-state index < -0.39 is 0 Å². The molecule has 0 spiro atoms. The number of amides is 1. The van der Waals surface area contributed by atoms with Crippen LogP contribution in [0, 0.1) is 0 Å². The molecule has 2 aromatic heterocycles. The molecule has 4 rings (SSSR count). The first-order valence-corrected chi connectivity index (χ1v) is 10.7. The van der Waals surface area contributed by atoms with Gasteiger partial charge in [0.2, 0.25) is 5.91 Å². The molecule has 30 heavy (non-hydrogen) atoms. The molecule has 0 N–H and O–H groups in total. The van der Waals surface area contributed by atoms with Crippen molar-refractivity contribution in [2.75, 3.05) is 19.6 Å². The van der Waals surface area contributed by atoms with E-state index in [0.29, 0.717) is 6.42 Å². The second kappa shape index (κ2) is 9.63. The average Bonchev–Trinajstić information content (AvgIpc) is 2.80. The molecule has 1 atom stereocenters. The smallest absolute Gasteiger partial charge is 0.240 e. The first-order chi connectivity index (χ1) is 14.8. The molecule has 1 aromatic carbocycles. The number of nitrogens with zero attached hydrogens (tertiary/aromatic N) is 4. The van der Waals surface area contributed by atoms with Crippen molar-refractivity contribution in [2.24, 2.45) is 0 Å². The normalized spacial score (nSPS) is 17.3. The van der Waals surface area contributed by atoms with E-state index in [1.165, 1.54) is 5.56 Å². The Morgan fingerprint density at radius 1 is 0.967 bits per heavy atom. The van der Waals surface area contributed by atoms with E-state index in [2.05, 4.69) is 52.1 Å². The van der Waals surface area contributed by atoms with E-state index >= 15 is 0 Å². The van der Waals surface area contributed by atoms with Crippen LogP contribution in [-0.4, -0.2) is 51.4 Å². The lowest BCUT2D eigenvalue weighted by molar-refractivity contribution is -0.142. The van der Waals surface area contributed by atoms with Gasteiger partial charge >= 0.3 is 0 Å². The van der Waals surface area contributed by atoms with Crippen LogP contribution in [0.1, 0.15) is 24.5 Å². The molecule has 1 aliphatic heterocycles. The lowest BCUT2D eigenvalue weighted by atomic mass is 9.93. The summed E-state index contributed by atoms with van der Waals surface area (Å²) in [5.41, 5.74) is 4.55. The van der Waals surface area contributed by atoms with Crippen LogP contribution in [0.5, 0.6) is 0 Å². The lowest BCUT2D eigenvalue weighted by Gasteiger charge is -2.41. The Kier molecular flexibility index (Phi) is 6.50. The molecule has 3 heterocycles. The lowest BCUT2D eigenvalue weighted by Crippen LogP contribution is -2.57. The van der Waals surface area contributed by atoms with Gasteiger partial charge in [0.25, 0.3) is 0 Å². The molecular weight excluding hydrogens is 372 g/mol. The zero-order valence-corrected chi connectivity index (χ0v) is 17.4. The van der Waals surface area contributed by atoms with Crippen LogP contribution in [0.3, 0.4) is 0 Å². The average molecular weight is 401 g/mol. The minimum absolute atomic E-state index is 0.177. The first kappa shape index (κ1) is 20.2. The topological polar surface area (TPSA) is 49.3 Å². The third-order valence-electron chi connectivity index (χ3n) is 5.70. The molecule has 0 radical (unpaired) electrons. The van der Waals surface area contributed by atoms with Crippen LogP contribution in [0.4, 0.5) is 0 Å². The van der Waals surface area contributed by atoms with E-state index in [4.69, 9.17) is 0 Å². The van der Waals surface area contributed by atoms with Gasteiger partial charge in [-0.25, -0.2) is 0 Å². The minimum Gasteiger partial charge on any atom is -0.340 e. The van der Waals surface area contributed by atoms with E-state index in [1.807, 2.05) is 35.5 Å². The fourth-order valence-electron chi connectivity index (χ4n) is 4.22. The highest BCUT2D eigenvalue weighted by Gasteiger charge is 2.34. The molecule has 154 valence electrons. The van der Waals surface area contributed by atoms with Crippen LogP contribution in [0.15, 0.2) is 73.3 Å². The van der Waals surface area contributed by atoms with Crippen LogP contribution < -0.4 is 0 Å². The summed E-state index contributed by atoms with van der Waals surface area (Å²) >= 11 is 0. The summed E-state index contributed by atoms with van der Waals surface area (Å²) in [6.07, 6.45) is 9.02. The van der Waals surface area contributed by atoms with Gasteiger partial charge in [0.1, 0.15) is 0 Å². The van der Waals surface area contributed by atoms with Crippen molar-refractivity contribution in [1.29, 1.82) is 0 Å². The number of carbonyl (C=O) groups excluding carboxylic acids is 1. The summed E-state index contributed by atoms with van der Waals surface area (Å²) in [5.74, 6) is 0.230. The van der Waals surface area contributed by atoms with Gasteiger partial charge in [-0.15, -0.1) is 0 Å². The molecule has 1 saturated heterocycles. The third kappa shape index (κ3) is 4.57. The van der Waals surface area contributed by atoms with Gasteiger partial charge in [-0.2, -0.15) is 0 Å². The number of benzene rings is 1. The SMILES string of the molecule is CCCN1CCN(Cc2cccnc2)[C@@H](Cc2ccccc2-c2cccnc2)C1=O. The summed E-state index contributed by atoms with van der Waals surface area (Å²) < 4.78 is 0. The summed E-state index contributed by atoms with van der Waals surface area (Å²) in [6.45, 7) is 5.34. The fourth-order valence-corrected chi connectivity index (χ4v) is 4.22. The number of hydrogen-bond acceptors (Lipinski definition) is 4. The first-order valence-electron chi connectivity index (χ1n) is 10.7. The third-order valence-corrected chi connectivity index (χ3v) is 5.70. The van der Waals surface area contributed by atoms with E-state index in [0.717, 1.165) is 49.3 Å². The Labute approximate surface area is 178 Å². The predicted octanol–water partition coefficient (Wildman–Crippen LogP) is 3.81.